The molecule has 7 nitrogen and oxygen atoms in total. The molecular weight excluding hydrogens is 382 g/mol. The van der Waals surface area contributed by atoms with Crippen LogP contribution in [0.2, 0.25) is 0 Å². The van der Waals surface area contributed by atoms with Crippen molar-refractivity contribution in [3.8, 4) is 0 Å². The smallest absolute Gasteiger partial charge is 0.409 e. The molecule has 0 bridgehead atoms. The summed E-state index contributed by atoms with van der Waals surface area (Å²) in [4.78, 5) is 38.5. The summed E-state index contributed by atoms with van der Waals surface area (Å²) in [6, 6.07) is 18.5. The molecule has 1 heterocycles. The second-order valence-corrected chi connectivity index (χ2v) is 7.16. The first kappa shape index (κ1) is 21.4. The van der Waals surface area contributed by atoms with E-state index in [2.05, 4.69) is 10.6 Å². The number of hydrogen-bond donors (Lipinski definition) is 2. The molecule has 1 aliphatic heterocycles. The topological polar surface area (TPSA) is 87.7 Å². The van der Waals surface area contributed by atoms with E-state index >= 15 is 0 Å². The SMILES string of the molecule is CCOC(=O)N1CCC(NC(=O)C(=O)NC(c2ccccc2)c2ccccc2)CC1. The van der Waals surface area contributed by atoms with Crippen molar-refractivity contribution in [3.63, 3.8) is 0 Å². The summed E-state index contributed by atoms with van der Waals surface area (Å²) in [5, 5.41) is 5.64. The maximum atomic E-state index is 12.6. The average Bonchev–Trinajstić information content (AvgIpc) is 2.79. The third-order valence-electron chi connectivity index (χ3n) is 5.10. The van der Waals surface area contributed by atoms with E-state index < -0.39 is 17.9 Å². The minimum atomic E-state index is -0.680. The van der Waals surface area contributed by atoms with Gasteiger partial charge in [-0.15, -0.1) is 0 Å². The summed E-state index contributed by atoms with van der Waals surface area (Å²) >= 11 is 0. The van der Waals surface area contributed by atoms with E-state index in [1.54, 1.807) is 11.8 Å². The lowest BCUT2D eigenvalue weighted by Gasteiger charge is -2.31. The highest BCUT2D eigenvalue weighted by Gasteiger charge is 2.27. The predicted octanol–water partition coefficient (Wildman–Crippen LogP) is 2.63. The number of amides is 3. The van der Waals surface area contributed by atoms with Crippen molar-refractivity contribution in [1.82, 2.24) is 15.5 Å². The largest absolute Gasteiger partial charge is 0.450 e. The number of rotatable bonds is 5. The van der Waals surface area contributed by atoms with Gasteiger partial charge in [0.05, 0.1) is 12.6 Å². The van der Waals surface area contributed by atoms with E-state index in [9.17, 15) is 14.4 Å². The van der Waals surface area contributed by atoms with Crippen LogP contribution in [0.5, 0.6) is 0 Å². The second kappa shape index (κ2) is 10.4. The van der Waals surface area contributed by atoms with Gasteiger partial charge in [0.25, 0.3) is 0 Å². The Kier molecular flexibility index (Phi) is 7.43. The van der Waals surface area contributed by atoms with Crippen molar-refractivity contribution in [3.05, 3.63) is 71.8 Å². The van der Waals surface area contributed by atoms with Crippen molar-refractivity contribution in [2.24, 2.45) is 0 Å². The number of carbonyl (C=O) groups excluding carboxylic acids is 3. The molecule has 0 saturated carbocycles. The van der Waals surface area contributed by atoms with Crippen LogP contribution < -0.4 is 10.6 Å². The maximum absolute atomic E-state index is 12.6. The summed E-state index contributed by atoms with van der Waals surface area (Å²) in [5.41, 5.74) is 1.79. The Morgan fingerprint density at radius 1 is 0.933 bits per heavy atom. The van der Waals surface area contributed by atoms with Crippen LogP contribution in [0, 0.1) is 0 Å². The molecule has 0 atom stereocenters. The lowest BCUT2D eigenvalue weighted by Crippen LogP contribution is -2.50. The van der Waals surface area contributed by atoms with Crippen LogP contribution in [0.3, 0.4) is 0 Å². The zero-order valence-corrected chi connectivity index (χ0v) is 17.0. The van der Waals surface area contributed by atoms with Crippen LogP contribution >= 0.6 is 0 Å². The zero-order valence-electron chi connectivity index (χ0n) is 17.0. The Balaban J connectivity index is 1.59. The van der Waals surface area contributed by atoms with Crippen LogP contribution in [-0.2, 0) is 14.3 Å². The van der Waals surface area contributed by atoms with E-state index in [4.69, 9.17) is 4.74 Å². The molecule has 0 aromatic heterocycles. The highest BCUT2D eigenvalue weighted by atomic mass is 16.6. The summed E-state index contributed by atoms with van der Waals surface area (Å²) in [6.45, 7) is 3.07. The second-order valence-electron chi connectivity index (χ2n) is 7.16. The molecule has 2 aromatic carbocycles. The molecule has 30 heavy (non-hydrogen) atoms. The predicted molar refractivity (Wildman–Crippen MR) is 113 cm³/mol. The molecule has 158 valence electrons. The van der Waals surface area contributed by atoms with E-state index in [1.165, 1.54) is 0 Å². The maximum Gasteiger partial charge on any atom is 0.409 e. The Hall–Kier alpha value is -3.35. The number of piperidine rings is 1. The number of likely N-dealkylation sites (tertiary alicyclic amines) is 1. The highest BCUT2D eigenvalue weighted by molar-refractivity contribution is 6.35. The Morgan fingerprint density at radius 3 is 1.97 bits per heavy atom. The first-order valence-corrected chi connectivity index (χ1v) is 10.2. The summed E-state index contributed by atoms with van der Waals surface area (Å²) in [7, 11) is 0. The molecule has 7 heteroatoms. The van der Waals surface area contributed by atoms with Crippen molar-refractivity contribution in [2.45, 2.75) is 31.8 Å². The minimum Gasteiger partial charge on any atom is -0.450 e. The van der Waals surface area contributed by atoms with Crippen LogP contribution in [0.15, 0.2) is 60.7 Å². The number of benzene rings is 2. The molecule has 1 aliphatic rings. The third-order valence-corrected chi connectivity index (χ3v) is 5.10. The number of nitrogens with one attached hydrogen (secondary N) is 2. The average molecular weight is 409 g/mol. The minimum absolute atomic E-state index is 0.152. The molecule has 0 radical (unpaired) electrons. The van der Waals surface area contributed by atoms with E-state index in [0.717, 1.165) is 11.1 Å². The van der Waals surface area contributed by atoms with E-state index in [0.29, 0.717) is 32.5 Å². The summed E-state index contributed by atoms with van der Waals surface area (Å²) < 4.78 is 5.00. The van der Waals surface area contributed by atoms with Gasteiger partial charge in [-0.3, -0.25) is 9.59 Å². The molecule has 1 fully saturated rings. The van der Waals surface area contributed by atoms with Crippen LogP contribution in [-0.4, -0.2) is 48.5 Å². The molecule has 0 spiro atoms. The third kappa shape index (κ3) is 5.59. The molecule has 0 aliphatic carbocycles. The standard InChI is InChI=1S/C23H27N3O4/c1-2-30-23(29)26-15-13-19(14-16-26)24-21(27)22(28)25-20(17-9-5-3-6-10-17)18-11-7-4-8-12-18/h3-12,19-20H,2,13-16H2,1H3,(H,24,27)(H,25,28). The first-order chi connectivity index (χ1) is 14.6. The molecule has 3 rings (SSSR count). The van der Waals surface area contributed by atoms with Gasteiger partial charge in [-0.25, -0.2) is 4.79 Å². The Labute approximate surface area is 176 Å². The molecule has 2 aromatic rings. The quantitative estimate of drug-likeness (QED) is 0.743. The fourth-order valence-electron chi connectivity index (χ4n) is 3.52. The lowest BCUT2D eigenvalue weighted by molar-refractivity contribution is -0.140. The van der Waals surface area contributed by atoms with Gasteiger partial charge < -0.3 is 20.3 Å². The fraction of sp³-hybridized carbons (Fsp3) is 0.348. The van der Waals surface area contributed by atoms with Gasteiger partial charge >= 0.3 is 17.9 Å². The van der Waals surface area contributed by atoms with Crippen molar-refractivity contribution >= 4 is 17.9 Å². The molecule has 1 saturated heterocycles. The van der Waals surface area contributed by atoms with Crippen LogP contribution in [0.25, 0.3) is 0 Å². The van der Waals surface area contributed by atoms with Gasteiger partial charge in [0.1, 0.15) is 0 Å². The monoisotopic (exact) mass is 409 g/mol. The first-order valence-electron chi connectivity index (χ1n) is 10.2. The summed E-state index contributed by atoms with van der Waals surface area (Å²) in [6.07, 6.45) is 0.825. The Morgan fingerprint density at radius 2 is 1.47 bits per heavy atom. The number of carbonyl (C=O) groups is 3. The fourth-order valence-corrected chi connectivity index (χ4v) is 3.52. The molecule has 3 amide bonds. The van der Waals surface area contributed by atoms with E-state index in [-0.39, 0.29) is 12.1 Å². The van der Waals surface area contributed by atoms with Gasteiger partial charge in [-0.1, -0.05) is 60.7 Å². The van der Waals surface area contributed by atoms with Gasteiger partial charge in [0, 0.05) is 19.1 Å². The zero-order chi connectivity index (χ0) is 21.3. The van der Waals surface area contributed by atoms with Crippen LogP contribution in [0.4, 0.5) is 4.79 Å². The van der Waals surface area contributed by atoms with Gasteiger partial charge in [0.2, 0.25) is 0 Å². The lowest BCUT2D eigenvalue weighted by atomic mass is 9.98. The number of nitrogens with zero attached hydrogens (tertiary/aromatic N) is 1. The number of hydrogen-bond acceptors (Lipinski definition) is 4. The Bertz CT molecular complexity index is 810. The number of ether oxygens (including phenoxy) is 1. The normalized spacial score (nSPS) is 14.3. The van der Waals surface area contributed by atoms with Crippen molar-refractivity contribution in [1.29, 1.82) is 0 Å². The molecule has 2 N–H and O–H groups in total. The van der Waals surface area contributed by atoms with Gasteiger partial charge in [-0.2, -0.15) is 0 Å². The highest BCUT2D eigenvalue weighted by Crippen LogP contribution is 2.21. The van der Waals surface area contributed by atoms with Gasteiger partial charge in [0.15, 0.2) is 0 Å². The van der Waals surface area contributed by atoms with Crippen molar-refractivity contribution in [2.75, 3.05) is 19.7 Å². The molecular formula is C23H27N3O4. The summed E-state index contributed by atoms with van der Waals surface area (Å²) in [5.74, 6) is -1.35. The van der Waals surface area contributed by atoms with Crippen LogP contribution in [0.1, 0.15) is 36.9 Å². The van der Waals surface area contributed by atoms with E-state index in [1.807, 2.05) is 60.7 Å². The van der Waals surface area contributed by atoms with Crippen molar-refractivity contribution < 1.29 is 19.1 Å². The van der Waals surface area contributed by atoms with Gasteiger partial charge in [-0.05, 0) is 30.9 Å². The molecule has 0 unspecified atom stereocenters.